The minimum absolute atomic E-state index is 0. The fraction of sp³-hybridized carbons (Fsp3) is 1.00. The van der Waals surface area contributed by atoms with Gasteiger partial charge in [0.25, 0.3) is 0 Å². The number of nitrogens with one attached hydrogen (secondary N) is 1. The van der Waals surface area contributed by atoms with E-state index in [2.05, 4.69) is 0 Å². The van der Waals surface area contributed by atoms with E-state index in [1.165, 1.54) is 19.3 Å². The summed E-state index contributed by atoms with van der Waals surface area (Å²) < 4.78 is 0. The van der Waals surface area contributed by atoms with Crippen molar-refractivity contribution in [3.8, 4) is 0 Å². The number of hydrogen-bond donors (Lipinski definition) is 0. The Hall–Kier alpha value is 1.41. The zero-order valence-electron chi connectivity index (χ0n) is 5.87. The third kappa shape index (κ3) is 7.52. The summed E-state index contributed by atoms with van der Waals surface area (Å²) in [7, 11) is 0. The monoisotopic (exact) mass is 348 g/mol. The Morgan fingerprint density at radius 1 is 0.900 bits per heavy atom. The van der Waals surface area contributed by atoms with Crippen LogP contribution in [0, 0.1) is 0 Å². The van der Waals surface area contributed by atoms with Crippen LogP contribution in [0.15, 0.2) is 0 Å². The molecule has 0 aromatic rings. The van der Waals surface area contributed by atoms with E-state index in [-0.39, 0.29) is 56.7 Å². The van der Waals surface area contributed by atoms with Crippen molar-refractivity contribution >= 4 is 0 Å². The van der Waals surface area contributed by atoms with E-state index < -0.39 is 0 Å². The van der Waals surface area contributed by atoms with Crippen molar-refractivity contribution in [3.05, 3.63) is 5.73 Å². The third-order valence-electron chi connectivity index (χ3n) is 1.61. The first-order valence-corrected chi connectivity index (χ1v) is 3.11. The van der Waals surface area contributed by atoms with Crippen LogP contribution in [0.2, 0.25) is 0 Å². The molecule has 1 aliphatic carbocycles. The zero-order valence-corrected chi connectivity index (χ0v) is 11.0. The van der Waals surface area contributed by atoms with Crippen LogP contribution in [0.4, 0.5) is 0 Å². The first kappa shape index (κ1) is 17.5. The summed E-state index contributed by atoms with van der Waals surface area (Å²) in [4.78, 5) is 0. The predicted molar refractivity (Wildman–Crippen MR) is 31.2 cm³/mol. The van der Waals surface area contributed by atoms with Crippen molar-refractivity contribution in [2.24, 2.45) is 0 Å². The molecule has 0 aliphatic heterocycles. The maximum Gasteiger partial charge on any atom is 0 e. The first-order chi connectivity index (χ1) is 3.39. The average molecular weight is 348 g/mol. The molecule has 1 aliphatic rings. The van der Waals surface area contributed by atoms with Gasteiger partial charge >= 0.3 is 0 Å². The second-order valence-electron chi connectivity index (χ2n) is 2.33. The van der Waals surface area contributed by atoms with Gasteiger partial charge < -0.3 is 30.5 Å². The minimum atomic E-state index is 0. The Labute approximate surface area is 94.1 Å². The first-order valence-electron chi connectivity index (χ1n) is 3.11. The quantitative estimate of drug-likeness (QED) is 0.404. The molecular formula is C6H12Cl2HfN-3. The Balaban J connectivity index is -0.000000163. The van der Waals surface area contributed by atoms with Gasteiger partial charge in [0.05, 0.1) is 0 Å². The van der Waals surface area contributed by atoms with Crippen molar-refractivity contribution in [2.75, 3.05) is 0 Å². The number of halogens is 2. The van der Waals surface area contributed by atoms with Gasteiger partial charge in [-0.05, 0) is 0 Å². The topological polar surface area (TPSA) is 23.8 Å². The normalized spacial score (nSPS) is 17.7. The van der Waals surface area contributed by atoms with Crippen molar-refractivity contribution in [2.45, 2.75) is 38.1 Å². The van der Waals surface area contributed by atoms with Crippen LogP contribution in [0.3, 0.4) is 0 Å². The molecule has 0 heterocycles. The van der Waals surface area contributed by atoms with E-state index in [9.17, 15) is 0 Å². The van der Waals surface area contributed by atoms with Crippen LogP contribution in [0.25, 0.3) is 5.73 Å². The Kier molecular flexibility index (Phi) is 18.2. The van der Waals surface area contributed by atoms with Gasteiger partial charge in [0.1, 0.15) is 0 Å². The molecule has 0 bridgehead atoms. The Morgan fingerprint density at radius 2 is 1.30 bits per heavy atom. The van der Waals surface area contributed by atoms with E-state index in [1.54, 1.807) is 0 Å². The largest absolute Gasteiger partial charge is 1.00 e. The van der Waals surface area contributed by atoms with Gasteiger partial charge in [0.15, 0.2) is 0 Å². The van der Waals surface area contributed by atoms with E-state index in [1.807, 2.05) is 0 Å². The number of rotatable bonds is 0. The van der Waals surface area contributed by atoms with Crippen LogP contribution in [0.5, 0.6) is 0 Å². The van der Waals surface area contributed by atoms with Crippen molar-refractivity contribution in [1.82, 2.24) is 0 Å². The van der Waals surface area contributed by atoms with E-state index in [0.29, 0.717) is 0 Å². The smallest absolute Gasteiger partial charge is 0 e. The molecule has 0 atom stereocenters. The summed E-state index contributed by atoms with van der Waals surface area (Å²) in [6.07, 6.45) is 6.28. The number of hydrogen-bond acceptors (Lipinski definition) is 0. The van der Waals surface area contributed by atoms with E-state index in [4.69, 9.17) is 5.73 Å². The molecule has 0 spiro atoms. The summed E-state index contributed by atoms with van der Waals surface area (Å²) in [5.41, 5.74) is 7.27. The second kappa shape index (κ2) is 10.4. The molecule has 0 saturated heterocycles. The fourth-order valence-electron chi connectivity index (χ4n) is 1.10. The fourth-order valence-corrected chi connectivity index (χ4v) is 1.10. The van der Waals surface area contributed by atoms with Gasteiger partial charge in [0, 0.05) is 25.8 Å². The van der Waals surface area contributed by atoms with E-state index in [0.717, 1.165) is 12.8 Å². The van der Waals surface area contributed by atoms with E-state index >= 15 is 0 Å². The van der Waals surface area contributed by atoms with Gasteiger partial charge in [0.2, 0.25) is 0 Å². The van der Waals surface area contributed by atoms with Crippen LogP contribution in [0.1, 0.15) is 32.1 Å². The average Bonchev–Trinajstić information content (AvgIpc) is 1.69. The maximum atomic E-state index is 7.27. The molecule has 0 amide bonds. The van der Waals surface area contributed by atoms with Gasteiger partial charge in [-0.2, -0.15) is 0 Å². The molecule has 10 heavy (non-hydrogen) atoms. The molecule has 0 radical (unpaired) electrons. The zero-order chi connectivity index (χ0) is 5.11. The van der Waals surface area contributed by atoms with Crippen LogP contribution in [-0.2, 0) is 25.8 Å². The standard InChI is InChI=1S/C6H12N.2ClH.Hf/c7-6-4-2-1-3-5-6;;;/h6-7H,1-5H2;2*1H;/q-1;;;/p-2. The molecule has 1 rings (SSSR count). The molecule has 62 valence electrons. The minimum Gasteiger partial charge on any atom is -1.00 e. The molecular weight excluding hydrogens is 335 g/mol. The van der Waals surface area contributed by atoms with Crippen LogP contribution in [-0.4, -0.2) is 6.04 Å². The second-order valence-corrected chi connectivity index (χ2v) is 2.33. The van der Waals surface area contributed by atoms with Gasteiger partial charge in [-0.25, -0.2) is 0 Å². The molecule has 1 saturated carbocycles. The van der Waals surface area contributed by atoms with Gasteiger partial charge in [-0.15, -0.1) is 6.04 Å². The molecule has 1 nitrogen and oxygen atoms in total. The molecule has 0 unspecified atom stereocenters. The summed E-state index contributed by atoms with van der Waals surface area (Å²) in [5, 5.41) is 0. The summed E-state index contributed by atoms with van der Waals surface area (Å²) in [5.74, 6) is 0. The van der Waals surface area contributed by atoms with Crippen LogP contribution < -0.4 is 24.8 Å². The van der Waals surface area contributed by atoms with Crippen molar-refractivity contribution < 1.29 is 50.7 Å². The molecule has 0 aromatic heterocycles. The SMILES string of the molecule is [Cl-].[Cl-].[Hf].[NH-]C1CCCCC1. The Bertz CT molecular complexity index is 57.7. The van der Waals surface area contributed by atoms with Gasteiger partial charge in [-0.1, -0.05) is 32.1 Å². The Morgan fingerprint density at radius 3 is 1.50 bits per heavy atom. The predicted octanol–water partition coefficient (Wildman–Crippen LogP) is -3.62. The summed E-state index contributed by atoms with van der Waals surface area (Å²) in [6, 6.07) is 0.286. The third-order valence-corrected chi connectivity index (χ3v) is 1.61. The maximum absolute atomic E-state index is 7.27. The summed E-state index contributed by atoms with van der Waals surface area (Å²) in [6.45, 7) is 0. The van der Waals surface area contributed by atoms with Gasteiger partial charge in [-0.3, -0.25) is 0 Å². The van der Waals surface area contributed by atoms with Crippen molar-refractivity contribution in [3.63, 3.8) is 0 Å². The summed E-state index contributed by atoms with van der Waals surface area (Å²) >= 11 is 0. The molecule has 1 fully saturated rings. The molecule has 0 aromatic carbocycles. The van der Waals surface area contributed by atoms with Crippen LogP contribution >= 0.6 is 0 Å². The van der Waals surface area contributed by atoms with Crippen molar-refractivity contribution in [1.29, 1.82) is 0 Å². The molecule has 4 heteroatoms. The molecule has 1 N–H and O–H groups in total.